The number of ether oxygens (including phenoxy) is 4. The molecule has 3 aliphatic heterocycles. The van der Waals surface area contributed by atoms with Crippen molar-refractivity contribution in [2.75, 3.05) is 6.61 Å². The van der Waals surface area contributed by atoms with Crippen LogP contribution < -0.4 is 0 Å². The summed E-state index contributed by atoms with van der Waals surface area (Å²) in [6.07, 6.45) is 0.424. The zero-order valence-electron chi connectivity index (χ0n) is 10.8. The molecule has 3 saturated heterocycles. The molecule has 0 aliphatic carbocycles. The zero-order chi connectivity index (χ0) is 12.3. The maximum absolute atomic E-state index is 6.07. The first-order chi connectivity index (χ1) is 7.86. The van der Waals surface area contributed by atoms with Gasteiger partial charge in [0.05, 0.1) is 0 Å². The summed E-state index contributed by atoms with van der Waals surface area (Å²) in [5.41, 5.74) is 0. The van der Waals surface area contributed by atoms with E-state index in [1.807, 2.05) is 27.7 Å². The van der Waals surface area contributed by atoms with E-state index in [2.05, 4.69) is 0 Å². The van der Waals surface area contributed by atoms with Crippen LogP contribution in [-0.2, 0) is 18.9 Å². The monoisotopic (exact) mass is 308 g/mol. The van der Waals surface area contributed by atoms with Crippen LogP contribution in [0.1, 0.15) is 27.7 Å². The van der Waals surface area contributed by atoms with Crippen LogP contribution in [0.2, 0.25) is 10.1 Å². The van der Waals surface area contributed by atoms with Crippen LogP contribution in [-0.4, -0.2) is 51.4 Å². The van der Waals surface area contributed by atoms with E-state index >= 15 is 0 Å². The fraction of sp³-hybridized carbons (Fsp3) is 1.00. The summed E-state index contributed by atoms with van der Waals surface area (Å²) >= 11 is 0.520. The van der Waals surface area contributed by atoms with Gasteiger partial charge in [-0.3, -0.25) is 0 Å². The first-order valence-corrected chi connectivity index (χ1v) is 8.35. The Hall–Kier alpha value is 0.359. The second-order valence-electron chi connectivity index (χ2n) is 5.80. The van der Waals surface area contributed by atoms with Crippen molar-refractivity contribution in [2.45, 2.75) is 67.7 Å². The number of hydrogen-bond acceptors (Lipinski definition) is 4. The molecular weight excluding hydrogens is 287 g/mol. The predicted molar refractivity (Wildman–Crippen MR) is 63.0 cm³/mol. The van der Waals surface area contributed by atoms with E-state index in [1.54, 1.807) is 0 Å². The van der Waals surface area contributed by atoms with Gasteiger partial charge in [0.1, 0.15) is 0 Å². The summed E-state index contributed by atoms with van der Waals surface area (Å²) < 4.78 is 23.8. The summed E-state index contributed by atoms with van der Waals surface area (Å²) in [5.74, 6) is -0.957. The Labute approximate surface area is 108 Å². The predicted octanol–water partition coefficient (Wildman–Crippen LogP) is 1.58. The third kappa shape index (κ3) is 2.29. The Bertz CT molecular complexity index is 318. The minimum atomic E-state index is -0.491. The van der Waals surface area contributed by atoms with Crippen LogP contribution in [0.4, 0.5) is 0 Å². The quantitative estimate of drug-likeness (QED) is 0.637. The van der Waals surface area contributed by atoms with Gasteiger partial charge >= 0.3 is 108 Å². The van der Waals surface area contributed by atoms with Crippen LogP contribution in [0.3, 0.4) is 0 Å². The zero-order valence-corrected chi connectivity index (χ0v) is 12.5. The van der Waals surface area contributed by atoms with Crippen LogP contribution in [0.5, 0.6) is 0 Å². The fourth-order valence-electron chi connectivity index (χ4n) is 2.73. The van der Waals surface area contributed by atoms with E-state index in [9.17, 15) is 0 Å². The molecule has 0 bridgehead atoms. The second-order valence-corrected chi connectivity index (χ2v) is 8.47. The summed E-state index contributed by atoms with van der Waals surface area (Å²) in [6.45, 7) is 8.71. The van der Waals surface area contributed by atoms with E-state index < -0.39 is 11.6 Å². The molecule has 0 radical (unpaired) electrons. The van der Waals surface area contributed by atoms with E-state index in [-0.39, 0.29) is 18.3 Å². The molecule has 17 heavy (non-hydrogen) atoms. The first kappa shape index (κ1) is 12.4. The van der Waals surface area contributed by atoms with Gasteiger partial charge in [-0.25, -0.2) is 0 Å². The molecule has 2 unspecified atom stereocenters. The number of hydrogen-bond donors (Lipinski definition) is 0. The summed E-state index contributed by atoms with van der Waals surface area (Å²) in [4.78, 5) is 0.509. The standard InChI is InChI=1S/C12H20O4Se/c1-11(2)13-5-8-10(16-11)9-7(6-17-8)14-12(3,4)15-9/h7-10H,5-6H2,1-4H3/t7-,8?,9?,10+/m0/s1. The molecule has 98 valence electrons. The summed E-state index contributed by atoms with van der Waals surface area (Å²) in [5, 5.41) is 1.11. The Morgan fingerprint density at radius 1 is 0.941 bits per heavy atom. The summed E-state index contributed by atoms with van der Waals surface area (Å²) in [6, 6.07) is 0. The average Bonchev–Trinajstić information content (AvgIpc) is 2.51. The molecule has 4 atom stereocenters. The van der Waals surface area contributed by atoms with Crippen LogP contribution in [0.25, 0.3) is 0 Å². The third-order valence-corrected chi connectivity index (χ3v) is 6.24. The van der Waals surface area contributed by atoms with Gasteiger partial charge in [0.2, 0.25) is 0 Å². The van der Waals surface area contributed by atoms with Gasteiger partial charge in [-0.2, -0.15) is 0 Å². The SMILES string of the molecule is CC1(C)OCC2[Se]C[C@@H]3OC(C)(C)OC3[C@@H]2O1. The number of rotatable bonds is 0. The van der Waals surface area contributed by atoms with Gasteiger partial charge in [0, 0.05) is 0 Å². The molecular formula is C12H20O4Se. The molecule has 0 amide bonds. The second kappa shape index (κ2) is 3.92. The molecule has 0 aromatic carbocycles. The van der Waals surface area contributed by atoms with Gasteiger partial charge in [-0.1, -0.05) is 0 Å². The van der Waals surface area contributed by atoms with Gasteiger partial charge in [0.25, 0.3) is 0 Å². The molecule has 4 nitrogen and oxygen atoms in total. The Kier molecular flexibility index (Phi) is 2.86. The molecule has 0 N–H and O–H groups in total. The van der Waals surface area contributed by atoms with E-state index in [1.165, 1.54) is 0 Å². The van der Waals surface area contributed by atoms with Crippen molar-refractivity contribution in [1.29, 1.82) is 0 Å². The fourth-order valence-corrected chi connectivity index (χ4v) is 5.37. The molecule has 0 aromatic heterocycles. The maximum atomic E-state index is 6.07. The van der Waals surface area contributed by atoms with Gasteiger partial charge in [-0.05, 0) is 0 Å². The number of fused-ring (bicyclic) bond motifs is 3. The average molecular weight is 307 g/mol. The van der Waals surface area contributed by atoms with Crippen molar-refractivity contribution in [3.63, 3.8) is 0 Å². The molecule has 0 spiro atoms. The first-order valence-electron chi connectivity index (χ1n) is 6.15. The Balaban J connectivity index is 1.80. The van der Waals surface area contributed by atoms with Gasteiger partial charge in [0.15, 0.2) is 0 Å². The molecule has 0 saturated carbocycles. The molecule has 3 aliphatic rings. The van der Waals surface area contributed by atoms with Crippen molar-refractivity contribution < 1.29 is 18.9 Å². The molecule has 3 fully saturated rings. The molecule has 5 heteroatoms. The minimum absolute atomic E-state index is 0.0776. The summed E-state index contributed by atoms with van der Waals surface area (Å²) in [7, 11) is 0. The van der Waals surface area contributed by atoms with Crippen molar-refractivity contribution >= 4 is 15.0 Å². The van der Waals surface area contributed by atoms with Crippen molar-refractivity contribution in [3.8, 4) is 0 Å². The molecule has 0 aromatic rings. The van der Waals surface area contributed by atoms with E-state index in [0.717, 1.165) is 11.9 Å². The van der Waals surface area contributed by atoms with Crippen molar-refractivity contribution in [2.24, 2.45) is 0 Å². The van der Waals surface area contributed by atoms with Gasteiger partial charge < -0.3 is 0 Å². The Morgan fingerprint density at radius 2 is 1.65 bits per heavy atom. The van der Waals surface area contributed by atoms with E-state index in [4.69, 9.17) is 18.9 Å². The van der Waals surface area contributed by atoms with Crippen LogP contribution in [0.15, 0.2) is 0 Å². The van der Waals surface area contributed by atoms with E-state index in [0.29, 0.717) is 19.8 Å². The normalized spacial score (nSPS) is 47.3. The Morgan fingerprint density at radius 3 is 2.41 bits per heavy atom. The van der Waals surface area contributed by atoms with Crippen LogP contribution >= 0.6 is 0 Å². The molecule has 3 heterocycles. The van der Waals surface area contributed by atoms with Gasteiger partial charge in [-0.15, -0.1) is 0 Å². The third-order valence-electron chi connectivity index (χ3n) is 3.40. The van der Waals surface area contributed by atoms with Crippen LogP contribution in [0, 0.1) is 0 Å². The topological polar surface area (TPSA) is 36.9 Å². The van der Waals surface area contributed by atoms with Crippen molar-refractivity contribution in [3.05, 3.63) is 0 Å². The molecule has 3 rings (SSSR count). The van der Waals surface area contributed by atoms with Crippen molar-refractivity contribution in [1.82, 2.24) is 0 Å².